The van der Waals surface area contributed by atoms with Gasteiger partial charge in [-0.2, -0.15) is 0 Å². The minimum absolute atomic E-state index is 0.175. The predicted octanol–water partition coefficient (Wildman–Crippen LogP) is 4.27. The molecule has 1 atom stereocenters. The molecule has 2 N–H and O–H groups in total. The first-order chi connectivity index (χ1) is 9.51. The third-order valence-electron chi connectivity index (χ3n) is 3.73. The third kappa shape index (κ3) is 4.26. The van der Waals surface area contributed by atoms with Crippen molar-refractivity contribution in [2.75, 3.05) is 0 Å². The lowest BCUT2D eigenvalue weighted by Crippen LogP contribution is -2.09. The highest BCUT2D eigenvalue weighted by atomic mass is 16.4. The lowest BCUT2D eigenvalue weighted by molar-refractivity contribution is -0.138. The second-order valence-electron chi connectivity index (χ2n) is 5.46. The Hall–Kier alpha value is -1.51. The van der Waals surface area contributed by atoms with Crippen molar-refractivity contribution in [3.8, 4) is 5.75 Å². The molecule has 0 aromatic heterocycles. The molecule has 1 aromatic rings. The molecule has 1 rings (SSSR count). The van der Waals surface area contributed by atoms with Gasteiger partial charge in [0, 0.05) is 5.56 Å². The van der Waals surface area contributed by atoms with Gasteiger partial charge in [0.15, 0.2) is 0 Å². The van der Waals surface area contributed by atoms with E-state index in [1.807, 2.05) is 12.1 Å². The number of aliphatic carboxylic acids is 1. The van der Waals surface area contributed by atoms with Crippen molar-refractivity contribution in [2.24, 2.45) is 0 Å². The maximum absolute atomic E-state index is 11.2. The summed E-state index contributed by atoms with van der Waals surface area (Å²) in [6.07, 6.45) is 6.00. The van der Waals surface area contributed by atoms with E-state index in [1.165, 1.54) is 0 Å². The second-order valence-corrected chi connectivity index (χ2v) is 5.46. The number of aryl methyl sites for hydroxylation is 2. The summed E-state index contributed by atoms with van der Waals surface area (Å²) >= 11 is 0. The van der Waals surface area contributed by atoms with Gasteiger partial charge in [-0.25, -0.2) is 0 Å². The van der Waals surface area contributed by atoms with Crippen LogP contribution in [0.1, 0.15) is 69.1 Å². The first-order valence-electron chi connectivity index (χ1n) is 7.58. The number of carboxylic acids is 1. The number of phenolic OH excluding ortho intramolecular Hbond substituents is 1. The predicted molar refractivity (Wildman–Crippen MR) is 81.4 cm³/mol. The molecule has 0 bridgehead atoms. The van der Waals surface area contributed by atoms with Crippen molar-refractivity contribution in [3.63, 3.8) is 0 Å². The van der Waals surface area contributed by atoms with Crippen LogP contribution in [0.2, 0.25) is 0 Å². The molecule has 20 heavy (non-hydrogen) atoms. The van der Waals surface area contributed by atoms with Gasteiger partial charge in [0.1, 0.15) is 5.75 Å². The van der Waals surface area contributed by atoms with Crippen molar-refractivity contribution in [2.45, 2.75) is 65.2 Å². The zero-order valence-corrected chi connectivity index (χ0v) is 12.8. The molecule has 0 spiro atoms. The zero-order valence-electron chi connectivity index (χ0n) is 12.8. The molecule has 0 fully saturated rings. The van der Waals surface area contributed by atoms with Crippen molar-refractivity contribution < 1.29 is 15.0 Å². The number of unbranched alkanes of at least 4 members (excludes halogenated alkanes) is 2. The van der Waals surface area contributed by atoms with Gasteiger partial charge in [0.2, 0.25) is 0 Å². The second kappa shape index (κ2) is 7.93. The molecule has 112 valence electrons. The number of rotatable bonds is 8. The SMILES string of the molecule is CCCCc1cc(CCCC)c(O)c(C(C)C(=O)O)c1. The summed E-state index contributed by atoms with van der Waals surface area (Å²) < 4.78 is 0. The van der Waals surface area contributed by atoms with E-state index in [9.17, 15) is 15.0 Å². The van der Waals surface area contributed by atoms with Gasteiger partial charge in [-0.05, 0) is 43.7 Å². The van der Waals surface area contributed by atoms with E-state index in [0.29, 0.717) is 5.56 Å². The van der Waals surface area contributed by atoms with Crippen LogP contribution in [0.25, 0.3) is 0 Å². The highest BCUT2D eigenvalue weighted by Crippen LogP contribution is 2.32. The fourth-order valence-corrected chi connectivity index (χ4v) is 2.33. The summed E-state index contributed by atoms with van der Waals surface area (Å²) in [5.41, 5.74) is 2.58. The van der Waals surface area contributed by atoms with Crippen molar-refractivity contribution >= 4 is 5.97 Å². The van der Waals surface area contributed by atoms with Crippen LogP contribution in [0.4, 0.5) is 0 Å². The van der Waals surface area contributed by atoms with Crippen LogP contribution in [0, 0.1) is 0 Å². The Morgan fingerprint density at radius 1 is 1.15 bits per heavy atom. The van der Waals surface area contributed by atoms with Gasteiger partial charge in [0.05, 0.1) is 5.92 Å². The zero-order chi connectivity index (χ0) is 15.1. The first-order valence-corrected chi connectivity index (χ1v) is 7.58. The molecule has 3 heteroatoms. The molecule has 0 radical (unpaired) electrons. The molecule has 1 unspecified atom stereocenters. The van der Waals surface area contributed by atoms with Crippen LogP contribution >= 0.6 is 0 Å². The molecule has 1 aromatic carbocycles. The van der Waals surface area contributed by atoms with E-state index < -0.39 is 11.9 Å². The van der Waals surface area contributed by atoms with Gasteiger partial charge in [0.25, 0.3) is 0 Å². The summed E-state index contributed by atoms with van der Waals surface area (Å²) in [5.74, 6) is -1.39. The van der Waals surface area contributed by atoms with E-state index in [1.54, 1.807) is 6.92 Å². The van der Waals surface area contributed by atoms with Crippen LogP contribution in [0.3, 0.4) is 0 Å². The number of phenols is 1. The molecule has 0 saturated heterocycles. The number of benzene rings is 1. The Balaban J connectivity index is 3.15. The van der Waals surface area contributed by atoms with Crippen LogP contribution in [0.5, 0.6) is 5.75 Å². The summed E-state index contributed by atoms with van der Waals surface area (Å²) in [4.78, 5) is 11.2. The molecule has 0 saturated carbocycles. The summed E-state index contributed by atoms with van der Waals surface area (Å²) in [5, 5.41) is 19.5. The fraction of sp³-hybridized carbons (Fsp3) is 0.588. The van der Waals surface area contributed by atoms with Crippen molar-refractivity contribution in [1.82, 2.24) is 0 Å². The van der Waals surface area contributed by atoms with E-state index in [-0.39, 0.29) is 5.75 Å². The van der Waals surface area contributed by atoms with Crippen LogP contribution in [0.15, 0.2) is 12.1 Å². The summed E-state index contributed by atoms with van der Waals surface area (Å²) in [7, 11) is 0. The van der Waals surface area contributed by atoms with Crippen LogP contribution < -0.4 is 0 Å². The normalized spacial score (nSPS) is 12.3. The topological polar surface area (TPSA) is 57.5 Å². The first kappa shape index (κ1) is 16.5. The Labute approximate surface area is 121 Å². The van der Waals surface area contributed by atoms with E-state index in [0.717, 1.165) is 49.7 Å². The molecule has 0 aliphatic heterocycles. The molecule has 0 aliphatic rings. The number of hydrogen-bond donors (Lipinski definition) is 2. The van der Waals surface area contributed by atoms with Crippen molar-refractivity contribution in [3.05, 3.63) is 28.8 Å². The quantitative estimate of drug-likeness (QED) is 0.746. The van der Waals surface area contributed by atoms with Gasteiger partial charge in [-0.1, -0.05) is 38.8 Å². The van der Waals surface area contributed by atoms with Crippen LogP contribution in [-0.2, 0) is 17.6 Å². The van der Waals surface area contributed by atoms with E-state index >= 15 is 0 Å². The highest BCUT2D eigenvalue weighted by Gasteiger charge is 2.20. The molecule has 3 nitrogen and oxygen atoms in total. The maximum atomic E-state index is 11.2. The smallest absolute Gasteiger partial charge is 0.310 e. The lowest BCUT2D eigenvalue weighted by Gasteiger charge is -2.15. The average molecular weight is 278 g/mol. The van der Waals surface area contributed by atoms with Gasteiger partial charge < -0.3 is 10.2 Å². The number of hydrogen-bond acceptors (Lipinski definition) is 2. The Kier molecular flexibility index (Phi) is 6.56. The largest absolute Gasteiger partial charge is 0.507 e. The fourth-order valence-electron chi connectivity index (χ4n) is 2.33. The van der Waals surface area contributed by atoms with Crippen molar-refractivity contribution in [1.29, 1.82) is 0 Å². The van der Waals surface area contributed by atoms with Gasteiger partial charge in [-0.15, -0.1) is 0 Å². The Morgan fingerprint density at radius 3 is 2.30 bits per heavy atom. The Morgan fingerprint density at radius 2 is 1.75 bits per heavy atom. The van der Waals surface area contributed by atoms with E-state index in [2.05, 4.69) is 13.8 Å². The van der Waals surface area contributed by atoms with Crippen LogP contribution in [-0.4, -0.2) is 16.2 Å². The number of carboxylic acid groups (broad SMARTS) is 1. The molecule has 0 heterocycles. The maximum Gasteiger partial charge on any atom is 0.310 e. The lowest BCUT2D eigenvalue weighted by atomic mass is 9.91. The molecular formula is C17H26O3. The third-order valence-corrected chi connectivity index (χ3v) is 3.73. The minimum Gasteiger partial charge on any atom is -0.507 e. The average Bonchev–Trinajstić information content (AvgIpc) is 2.43. The summed E-state index contributed by atoms with van der Waals surface area (Å²) in [6, 6.07) is 3.90. The number of carbonyl (C=O) groups is 1. The summed E-state index contributed by atoms with van der Waals surface area (Å²) in [6.45, 7) is 5.88. The van der Waals surface area contributed by atoms with Gasteiger partial charge in [-0.3, -0.25) is 4.79 Å². The van der Waals surface area contributed by atoms with Gasteiger partial charge >= 0.3 is 5.97 Å². The highest BCUT2D eigenvalue weighted by molar-refractivity contribution is 5.77. The standard InChI is InChI=1S/C17H26O3/c1-4-6-8-13-10-14(9-7-5-2)16(18)15(11-13)12(3)17(19)20/h10-12,18H,4-9H2,1-3H3,(H,19,20). The number of aromatic hydroxyl groups is 1. The molecular weight excluding hydrogens is 252 g/mol. The Bertz CT molecular complexity index is 452. The van der Waals surface area contributed by atoms with E-state index in [4.69, 9.17) is 0 Å². The molecule has 0 aliphatic carbocycles. The molecule has 0 amide bonds. The monoisotopic (exact) mass is 278 g/mol. The minimum atomic E-state index is -0.894.